The van der Waals surface area contributed by atoms with Crippen molar-refractivity contribution in [3.8, 4) is 55.6 Å². The fraction of sp³-hybridized carbons (Fsp3) is 0.0638. The standard InChI is InChI=1S/C47H34/c1-31-29-35-26-28-38(32-15-5-2-6-16-32)46(34-19-9-4-10-20-34)47(35)43-30-36(25-27-37(31)43)45-41-23-13-11-21-39(41)44(33-17-7-3-8-18-33)40-22-12-14-24-42(40)45/h2-28,30-31H,29H2,1H3. The summed E-state index contributed by atoms with van der Waals surface area (Å²) >= 11 is 0. The Bertz CT molecular complexity index is 2360. The smallest absolute Gasteiger partial charge is 0.00239 e. The lowest BCUT2D eigenvalue weighted by atomic mass is 9.74. The van der Waals surface area contributed by atoms with Crippen molar-refractivity contribution in [3.05, 3.63) is 181 Å². The molecule has 0 fully saturated rings. The molecule has 0 aromatic heterocycles. The maximum Gasteiger partial charge on any atom is -0.00239 e. The summed E-state index contributed by atoms with van der Waals surface area (Å²) in [5.41, 5.74) is 15.8. The first kappa shape index (κ1) is 27.6. The first-order valence-electron chi connectivity index (χ1n) is 16.7. The topological polar surface area (TPSA) is 0 Å². The molecule has 8 aromatic carbocycles. The highest BCUT2D eigenvalue weighted by atomic mass is 14.3. The van der Waals surface area contributed by atoms with Crippen molar-refractivity contribution < 1.29 is 0 Å². The van der Waals surface area contributed by atoms with Gasteiger partial charge in [-0.25, -0.2) is 0 Å². The second-order valence-corrected chi connectivity index (χ2v) is 12.9. The first-order valence-corrected chi connectivity index (χ1v) is 16.7. The van der Waals surface area contributed by atoms with Crippen molar-refractivity contribution in [2.24, 2.45) is 0 Å². The second-order valence-electron chi connectivity index (χ2n) is 12.9. The molecule has 0 amide bonds. The Labute approximate surface area is 276 Å². The quantitative estimate of drug-likeness (QED) is 0.177. The Balaban J connectivity index is 1.36. The summed E-state index contributed by atoms with van der Waals surface area (Å²) in [5, 5.41) is 5.15. The molecule has 1 aliphatic carbocycles. The predicted octanol–water partition coefficient (Wildman–Crippen LogP) is 13.0. The van der Waals surface area contributed by atoms with Crippen molar-refractivity contribution in [2.45, 2.75) is 19.3 Å². The van der Waals surface area contributed by atoms with Gasteiger partial charge in [0.05, 0.1) is 0 Å². The van der Waals surface area contributed by atoms with Crippen LogP contribution in [0.3, 0.4) is 0 Å². The molecule has 8 aromatic rings. The molecule has 47 heavy (non-hydrogen) atoms. The molecule has 1 aliphatic rings. The van der Waals surface area contributed by atoms with Crippen LogP contribution in [0.25, 0.3) is 77.2 Å². The summed E-state index contributed by atoms with van der Waals surface area (Å²) in [4.78, 5) is 0. The first-order chi connectivity index (χ1) is 23.3. The van der Waals surface area contributed by atoms with Gasteiger partial charge in [-0.15, -0.1) is 0 Å². The van der Waals surface area contributed by atoms with Gasteiger partial charge in [0.2, 0.25) is 0 Å². The molecular formula is C47H34. The Morgan fingerprint density at radius 2 is 0.830 bits per heavy atom. The average molecular weight is 599 g/mol. The van der Waals surface area contributed by atoms with Crippen molar-refractivity contribution in [1.29, 1.82) is 0 Å². The van der Waals surface area contributed by atoms with Crippen LogP contribution in [0.5, 0.6) is 0 Å². The van der Waals surface area contributed by atoms with Crippen LogP contribution >= 0.6 is 0 Å². The van der Waals surface area contributed by atoms with E-state index in [9.17, 15) is 0 Å². The molecule has 1 unspecified atom stereocenters. The molecule has 0 aliphatic heterocycles. The van der Waals surface area contributed by atoms with Gasteiger partial charge in [0.1, 0.15) is 0 Å². The molecule has 0 saturated carbocycles. The minimum atomic E-state index is 0.437. The van der Waals surface area contributed by atoms with E-state index in [2.05, 4.69) is 177 Å². The molecule has 0 spiro atoms. The van der Waals surface area contributed by atoms with Crippen LogP contribution in [0, 0.1) is 0 Å². The number of hydrogen-bond acceptors (Lipinski definition) is 0. The molecular weight excluding hydrogens is 565 g/mol. The van der Waals surface area contributed by atoms with E-state index in [1.807, 2.05) is 0 Å². The van der Waals surface area contributed by atoms with Crippen molar-refractivity contribution in [1.82, 2.24) is 0 Å². The Morgan fingerprint density at radius 1 is 0.362 bits per heavy atom. The monoisotopic (exact) mass is 598 g/mol. The van der Waals surface area contributed by atoms with E-state index in [1.165, 1.54) is 88.3 Å². The van der Waals surface area contributed by atoms with Gasteiger partial charge in [-0.3, -0.25) is 0 Å². The van der Waals surface area contributed by atoms with E-state index >= 15 is 0 Å². The molecule has 0 nitrogen and oxygen atoms in total. The highest BCUT2D eigenvalue weighted by Gasteiger charge is 2.28. The summed E-state index contributed by atoms with van der Waals surface area (Å²) in [6.07, 6.45) is 1.04. The summed E-state index contributed by atoms with van der Waals surface area (Å²) in [6, 6.07) is 62.7. The van der Waals surface area contributed by atoms with Gasteiger partial charge in [0.25, 0.3) is 0 Å². The molecule has 0 N–H and O–H groups in total. The highest BCUT2D eigenvalue weighted by molar-refractivity contribution is 6.21. The number of hydrogen-bond donors (Lipinski definition) is 0. The van der Waals surface area contributed by atoms with Gasteiger partial charge >= 0.3 is 0 Å². The van der Waals surface area contributed by atoms with Crippen LogP contribution in [-0.4, -0.2) is 0 Å². The summed E-state index contributed by atoms with van der Waals surface area (Å²) in [6.45, 7) is 2.38. The van der Waals surface area contributed by atoms with Crippen LogP contribution in [0.2, 0.25) is 0 Å². The van der Waals surface area contributed by atoms with Crippen LogP contribution in [-0.2, 0) is 6.42 Å². The maximum atomic E-state index is 2.50. The molecule has 0 heteroatoms. The number of benzene rings is 8. The number of rotatable bonds is 4. The summed E-state index contributed by atoms with van der Waals surface area (Å²) in [5.74, 6) is 0.437. The third-order valence-electron chi connectivity index (χ3n) is 10.1. The van der Waals surface area contributed by atoms with Gasteiger partial charge in [-0.2, -0.15) is 0 Å². The van der Waals surface area contributed by atoms with Crippen LogP contribution in [0.15, 0.2) is 170 Å². The van der Waals surface area contributed by atoms with E-state index in [0.29, 0.717) is 5.92 Å². The van der Waals surface area contributed by atoms with Gasteiger partial charge in [0, 0.05) is 0 Å². The van der Waals surface area contributed by atoms with Gasteiger partial charge in [-0.1, -0.05) is 171 Å². The van der Waals surface area contributed by atoms with Gasteiger partial charge < -0.3 is 0 Å². The van der Waals surface area contributed by atoms with Crippen LogP contribution in [0.1, 0.15) is 24.0 Å². The molecule has 9 rings (SSSR count). The normalized spacial score (nSPS) is 13.8. The van der Waals surface area contributed by atoms with Crippen molar-refractivity contribution >= 4 is 21.5 Å². The summed E-state index contributed by atoms with van der Waals surface area (Å²) < 4.78 is 0. The third kappa shape index (κ3) is 4.52. The second kappa shape index (κ2) is 11.3. The van der Waals surface area contributed by atoms with Crippen LogP contribution < -0.4 is 0 Å². The molecule has 0 bridgehead atoms. The Hall–Kier alpha value is -5.72. The highest BCUT2D eigenvalue weighted by Crippen LogP contribution is 2.50. The fourth-order valence-corrected chi connectivity index (χ4v) is 8.04. The van der Waals surface area contributed by atoms with Crippen molar-refractivity contribution in [3.63, 3.8) is 0 Å². The van der Waals surface area contributed by atoms with Gasteiger partial charge in [0.15, 0.2) is 0 Å². The Kier molecular flexibility index (Phi) is 6.61. The zero-order chi connectivity index (χ0) is 31.3. The van der Waals surface area contributed by atoms with E-state index < -0.39 is 0 Å². The van der Waals surface area contributed by atoms with Crippen LogP contribution in [0.4, 0.5) is 0 Å². The van der Waals surface area contributed by atoms with Crippen molar-refractivity contribution in [2.75, 3.05) is 0 Å². The lowest BCUT2D eigenvalue weighted by molar-refractivity contribution is 0.750. The summed E-state index contributed by atoms with van der Waals surface area (Å²) in [7, 11) is 0. The molecule has 222 valence electrons. The third-order valence-corrected chi connectivity index (χ3v) is 10.1. The lowest BCUT2D eigenvalue weighted by Gasteiger charge is -2.30. The van der Waals surface area contributed by atoms with Gasteiger partial charge in [-0.05, 0) is 107 Å². The largest absolute Gasteiger partial charge is 0.0622 e. The zero-order valence-corrected chi connectivity index (χ0v) is 26.5. The van der Waals surface area contributed by atoms with E-state index in [1.54, 1.807) is 0 Å². The van der Waals surface area contributed by atoms with E-state index in [-0.39, 0.29) is 0 Å². The Morgan fingerprint density at radius 3 is 1.38 bits per heavy atom. The lowest BCUT2D eigenvalue weighted by Crippen LogP contribution is -2.10. The minimum Gasteiger partial charge on any atom is -0.0622 e. The molecule has 0 heterocycles. The predicted molar refractivity (Wildman–Crippen MR) is 201 cm³/mol. The number of fused-ring (bicyclic) bond motifs is 5. The zero-order valence-electron chi connectivity index (χ0n) is 26.5. The fourth-order valence-electron chi connectivity index (χ4n) is 8.04. The van der Waals surface area contributed by atoms with E-state index in [4.69, 9.17) is 0 Å². The molecule has 0 saturated heterocycles. The SMILES string of the molecule is CC1Cc2ccc(-c3ccccc3)c(-c3ccccc3)c2-c2cc(-c3c4ccccc4c(-c4ccccc4)c4ccccc34)ccc21. The molecule has 0 radical (unpaired) electrons. The maximum absolute atomic E-state index is 2.50. The average Bonchev–Trinajstić information content (AvgIpc) is 3.14. The molecule has 1 atom stereocenters. The minimum absolute atomic E-state index is 0.437. The van der Waals surface area contributed by atoms with E-state index in [0.717, 1.165) is 6.42 Å².